The largest absolute Gasteiger partial charge is 0.444 e. The highest BCUT2D eigenvalue weighted by Gasteiger charge is 2.44. The Morgan fingerprint density at radius 1 is 1.24 bits per heavy atom. The maximum atomic E-state index is 13.9. The first-order valence-electron chi connectivity index (χ1n) is 10.0. The lowest BCUT2D eigenvalue weighted by molar-refractivity contribution is -0.137. The minimum absolute atomic E-state index is 0.0834. The number of aromatic nitrogens is 1. The fourth-order valence-electron chi connectivity index (χ4n) is 3.46. The minimum atomic E-state index is -4.59. The monoisotopic (exact) mass is 548 g/mol. The van der Waals surface area contributed by atoms with Gasteiger partial charge in [-0.1, -0.05) is 34.2 Å². The summed E-state index contributed by atoms with van der Waals surface area (Å²) in [5.74, 6) is 0. The molecule has 1 aromatic carbocycles. The number of alkyl halides is 3. The van der Waals surface area contributed by atoms with Crippen LogP contribution in [0.5, 0.6) is 0 Å². The third kappa shape index (κ3) is 4.98. The minimum Gasteiger partial charge on any atom is -0.444 e. The summed E-state index contributed by atoms with van der Waals surface area (Å²) in [6.45, 7) is 6.29. The first-order valence-corrected chi connectivity index (χ1v) is 12.3. The molecule has 0 saturated carbocycles. The normalized spacial score (nSPS) is 19.5. The summed E-state index contributed by atoms with van der Waals surface area (Å²) in [6.07, 6.45) is -0.167. The summed E-state index contributed by atoms with van der Waals surface area (Å²) >= 11 is 3.33. The molecule has 0 aliphatic heterocycles. The first kappa shape index (κ1) is 25.4. The molecule has 1 N–H and O–H groups in total. The van der Waals surface area contributed by atoms with Crippen LogP contribution in [0.4, 0.5) is 18.0 Å². The van der Waals surface area contributed by atoms with Crippen LogP contribution in [0, 0.1) is 0 Å². The van der Waals surface area contributed by atoms with Gasteiger partial charge < -0.3 is 10.1 Å². The van der Waals surface area contributed by atoms with Crippen molar-refractivity contribution >= 4 is 42.9 Å². The maximum Gasteiger partial charge on any atom is 0.416 e. The molecule has 1 atom stereocenters. The van der Waals surface area contributed by atoms with Crippen LogP contribution in [0.2, 0.25) is 0 Å². The van der Waals surface area contributed by atoms with Gasteiger partial charge in [-0.05, 0) is 58.4 Å². The van der Waals surface area contributed by atoms with E-state index in [0.717, 1.165) is 22.2 Å². The number of carbonyl (C=O) groups excluding carboxylic acids is 1. The predicted molar refractivity (Wildman–Crippen MR) is 124 cm³/mol. The second-order valence-corrected chi connectivity index (χ2v) is 12.0. The van der Waals surface area contributed by atoms with Gasteiger partial charge in [0.25, 0.3) is 0 Å². The Balaban J connectivity index is 2.15. The van der Waals surface area contributed by atoms with Crippen LogP contribution in [0.15, 0.2) is 47.0 Å². The van der Waals surface area contributed by atoms with Gasteiger partial charge in [-0.3, -0.25) is 0 Å². The molecule has 11 heteroatoms. The lowest BCUT2D eigenvalue weighted by Crippen LogP contribution is -2.41. The number of carbonyl (C=O) groups is 1. The van der Waals surface area contributed by atoms with Crippen LogP contribution in [-0.4, -0.2) is 28.8 Å². The van der Waals surface area contributed by atoms with Gasteiger partial charge in [0.2, 0.25) is 10.0 Å². The molecule has 33 heavy (non-hydrogen) atoms. The number of hydrogen-bond acceptors (Lipinski definition) is 4. The summed E-state index contributed by atoms with van der Waals surface area (Å²) in [5.41, 5.74) is -1.49. The van der Waals surface area contributed by atoms with Crippen LogP contribution >= 0.6 is 15.9 Å². The molecule has 0 radical (unpaired) electrons. The number of hydrogen-bond donors (Lipinski definition) is 1. The predicted octanol–water partition coefficient (Wildman–Crippen LogP) is 5.86. The van der Waals surface area contributed by atoms with Crippen LogP contribution in [0.3, 0.4) is 0 Å². The molecule has 6 nitrogen and oxygen atoms in total. The number of amides is 1. The number of nitrogens with one attached hydrogen (secondary N) is 1. The number of benzene rings is 1. The standard InChI is InChI=1S/C22H24BrF3N2O4S/c1-20(2,3)32-19(29)27-13-16-12-14-11-15(22(24,25)26)8-9-17(14)28(16)33(30,31)21(4)10-6-5-7-18(21)23/h5-9,11-12H,10,13H2,1-4H3,(H,27,29). The molecular weight excluding hydrogens is 525 g/mol. The van der Waals surface area contributed by atoms with Crippen molar-refractivity contribution in [3.05, 3.63) is 58.2 Å². The fraction of sp³-hybridized carbons (Fsp3) is 0.409. The zero-order chi connectivity index (χ0) is 24.8. The van der Waals surface area contributed by atoms with E-state index in [9.17, 15) is 26.4 Å². The average Bonchev–Trinajstić information content (AvgIpc) is 3.05. The van der Waals surface area contributed by atoms with Crippen LogP contribution in [0.25, 0.3) is 10.9 Å². The zero-order valence-electron chi connectivity index (χ0n) is 18.5. The summed E-state index contributed by atoms with van der Waals surface area (Å²) in [4.78, 5) is 12.1. The molecule has 1 aliphatic rings. The molecule has 1 unspecified atom stereocenters. The highest BCUT2D eigenvalue weighted by Crippen LogP contribution is 2.41. The van der Waals surface area contributed by atoms with Gasteiger partial charge in [0.15, 0.2) is 0 Å². The maximum absolute atomic E-state index is 13.9. The van der Waals surface area contributed by atoms with Crippen molar-refractivity contribution in [1.82, 2.24) is 9.29 Å². The quantitative estimate of drug-likeness (QED) is 0.519. The molecule has 1 amide bonds. The summed E-state index contributed by atoms with van der Waals surface area (Å²) in [5, 5.41) is 2.58. The van der Waals surface area contributed by atoms with Gasteiger partial charge in [0.1, 0.15) is 10.3 Å². The summed E-state index contributed by atoms with van der Waals surface area (Å²) in [7, 11) is -4.18. The molecule has 0 saturated heterocycles. The van der Waals surface area contributed by atoms with Crippen molar-refractivity contribution < 1.29 is 31.1 Å². The Morgan fingerprint density at radius 3 is 2.48 bits per heavy atom. The lowest BCUT2D eigenvalue weighted by atomic mass is 10.0. The van der Waals surface area contributed by atoms with Gasteiger partial charge in [-0.15, -0.1) is 0 Å². The van der Waals surface area contributed by atoms with Crippen molar-refractivity contribution in [2.45, 2.75) is 57.2 Å². The van der Waals surface area contributed by atoms with E-state index in [0.29, 0.717) is 4.48 Å². The molecule has 180 valence electrons. The van der Waals surface area contributed by atoms with Crippen molar-refractivity contribution in [3.63, 3.8) is 0 Å². The van der Waals surface area contributed by atoms with Gasteiger partial charge in [-0.25, -0.2) is 17.2 Å². The summed E-state index contributed by atoms with van der Waals surface area (Å²) in [6, 6.07) is 4.20. The molecule has 0 spiro atoms. The van der Waals surface area contributed by atoms with Crippen LogP contribution < -0.4 is 5.32 Å². The van der Waals surface area contributed by atoms with Gasteiger partial charge >= 0.3 is 12.3 Å². The molecule has 1 aromatic heterocycles. The number of rotatable bonds is 4. The Morgan fingerprint density at radius 2 is 1.91 bits per heavy atom. The number of fused-ring (bicyclic) bond motifs is 1. The zero-order valence-corrected chi connectivity index (χ0v) is 20.9. The Labute approximate surface area is 198 Å². The van der Waals surface area contributed by atoms with Gasteiger partial charge in [0, 0.05) is 9.87 Å². The topological polar surface area (TPSA) is 77.4 Å². The Hall–Kier alpha value is -2.27. The van der Waals surface area contributed by atoms with Crippen molar-refractivity contribution in [1.29, 1.82) is 0 Å². The first-order chi connectivity index (χ1) is 15.1. The van der Waals surface area contributed by atoms with E-state index in [1.54, 1.807) is 39.0 Å². The number of ether oxygens (including phenoxy) is 1. The van der Waals surface area contributed by atoms with E-state index in [-0.39, 0.29) is 29.6 Å². The second kappa shape index (κ2) is 8.50. The van der Waals surface area contributed by atoms with Crippen LogP contribution in [0.1, 0.15) is 45.4 Å². The number of halogens is 4. The van der Waals surface area contributed by atoms with Crippen molar-refractivity contribution in [3.8, 4) is 0 Å². The van der Waals surface area contributed by atoms with Gasteiger partial charge in [0.05, 0.1) is 23.3 Å². The third-order valence-corrected chi connectivity index (χ3v) is 9.01. The second-order valence-electron chi connectivity index (χ2n) is 8.91. The highest BCUT2D eigenvalue weighted by atomic mass is 79.9. The van der Waals surface area contributed by atoms with Gasteiger partial charge in [-0.2, -0.15) is 13.2 Å². The SMILES string of the molecule is CC(C)(C)OC(=O)NCc1cc2cc(C(F)(F)F)ccc2n1S(=O)(=O)C1(C)CC=CC=C1Br. The Bertz CT molecular complexity index is 1260. The van der Waals surface area contributed by atoms with Crippen molar-refractivity contribution in [2.75, 3.05) is 0 Å². The van der Waals surface area contributed by atoms with E-state index < -0.39 is 38.2 Å². The number of allylic oxidation sites excluding steroid dienone is 3. The Kier molecular flexibility index (Phi) is 6.53. The molecule has 0 bridgehead atoms. The highest BCUT2D eigenvalue weighted by molar-refractivity contribution is 9.12. The lowest BCUT2D eigenvalue weighted by Gasteiger charge is -2.31. The van der Waals surface area contributed by atoms with E-state index in [1.807, 2.05) is 0 Å². The molecule has 0 fully saturated rings. The van der Waals surface area contributed by atoms with E-state index in [1.165, 1.54) is 13.0 Å². The molecule has 1 heterocycles. The van der Waals surface area contributed by atoms with Crippen LogP contribution in [-0.2, 0) is 27.5 Å². The summed E-state index contributed by atoms with van der Waals surface area (Å²) < 4.78 is 72.7. The molecular formula is C22H24BrF3N2O4S. The van der Waals surface area contributed by atoms with E-state index in [2.05, 4.69) is 21.2 Å². The number of nitrogens with zero attached hydrogens (tertiary/aromatic N) is 1. The number of alkyl carbamates (subject to hydrolysis) is 1. The van der Waals surface area contributed by atoms with E-state index in [4.69, 9.17) is 4.74 Å². The molecule has 1 aliphatic carbocycles. The molecule has 3 rings (SSSR count). The average molecular weight is 549 g/mol. The van der Waals surface area contributed by atoms with E-state index >= 15 is 0 Å². The van der Waals surface area contributed by atoms with Crippen molar-refractivity contribution in [2.24, 2.45) is 0 Å². The molecule has 2 aromatic rings. The third-order valence-electron chi connectivity index (χ3n) is 5.17. The smallest absolute Gasteiger partial charge is 0.416 e. The fourth-order valence-corrected chi connectivity index (χ4v) is 6.26.